The summed E-state index contributed by atoms with van der Waals surface area (Å²) in [4.78, 5) is 14.7. The van der Waals surface area contributed by atoms with Crippen LogP contribution in [0.1, 0.15) is 23.7 Å². The molecule has 0 radical (unpaired) electrons. The first-order valence-electron chi connectivity index (χ1n) is 11.8. The Morgan fingerprint density at radius 1 is 1.09 bits per heavy atom. The second-order valence-corrected chi connectivity index (χ2v) is 8.56. The SMILES string of the molecule is COc1cccc(OCC(O)CNC(=O)CCN2Cc3ccccc3OC(c3ccccc3)C2)c1. The Morgan fingerprint density at radius 2 is 1.86 bits per heavy atom. The highest BCUT2D eigenvalue weighted by Gasteiger charge is 2.24. The molecule has 0 aliphatic carbocycles. The smallest absolute Gasteiger partial charge is 0.221 e. The number of carbonyl (C=O) groups is 1. The average Bonchev–Trinajstić information content (AvgIpc) is 3.09. The highest BCUT2D eigenvalue weighted by Crippen LogP contribution is 2.31. The van der Waals surface area contributed by atoms with Crippen LogP contribution in [-0.2, 0) is 11.3 Å². The van der Waals surface area contributed by atoms with Crippen LogP contribution in [-0.4, -0.2) is 55.4 Å². The van der Waals surface area contributed by atoms with Crippen molar-refractivity contribution in [3.63, 3.8) is 0 Å². The number of fused-ring (bicyclic) bond motifs is 1. The number of para-hydroxylation sites is 1. The first-order chi connectivity index (χ1) is 17.1. The zero-order valence-electron chi connectivity index (χ0n) is 19.9. The summed E-state index contributed by atoms with van der Waals surface area (Å²) < 4.78 is 17.1. The van der Waals surface area contributed by atoms with Crippen LogP contribution in [0.25, 0.3) is 0 Å². The van der Waals surface area contributed by atoms with Crippen LogP contribution in [0.5, 0.6) is 17.2 Å². The normalized spacial score (nSPS) is 16.3. The number of nitrogens with one attached hydrogen (secondary N) is 1. The number of rotatable bonds is 10. The van der Waals surface area contributed by atoms with Gasteiger partial charge >= 0.3 is 0 Å². The van der Waals surface area contributed by atoms with Gasteiger partial charge in [-0.05, 0) is 23.8 Å². The molecule has 35 heavy (non-hydrogen) atoms. The summed E-state index contributed by atoms with van der Waals surface area (Å²) in [5, 5.41) is 13.0. The first-order valence-corrected chi connectivity index (χ1v) is 11.8. The maximum Gasteiger partial charge on any atom is 0.221 e. The van der Waals surface area contributed by atoms with Gasteiger partial charge in [0, 0.05) is 44.2 Å². The van der Waals surface area contributed by atoms with E-state index in [1.807, 2.05) is 48.5 Å². The van der Waals surface area contributed by atoms with Gasteiger partial charge in [-0.2, -0.15) is 0 Å². The number of amides is 1. The lowest BCUT2D eigenvalue weighted by Crippen LogP contribution is -2.37. The highest BCUT2D eigenvalue weighted by atomic mass is 16.5. The van der Waals surface area contributed by atoms with Crippen LogP contribution in [0.4, 0.5) is 0 Å². The molecule has 3 aromatic carbocycles. The van der Waals surface area contributed by atoms with Crippen LogP contribution in [0.15, 0.2) is 78.9 Å². The molecule has 2 atom stereocenters. The largest absolute Gasteiger partial charge is 0.497 e. The summed E-state index contributed by atoms with van der Waals surface area (Å²) >= 11 is 0. The number of carbonyl (C=O) groups excluding carboxylic acids is 1. The molecule has 0 spiro atoms. The first kappa shape index (κ1) is 24.6. The third-order valence-corrected chi connectivity index (χ3v) is 5.90. The molecule has 7 nitrogen and oxygen atoms in total. The molecule has 1 aliphatic heterocycles. The van der Waals surface area contributed by atoms with Crippen LogP contribution in [0.3, 0.4) is 0 Å². The summed E-state index contributed by atoms with van der Waals surface area (Å²) in [6.45, 7) is 2.18. The van der Waals surface area contributed by atoms with Gasteiger partial charge in [-0.3, -0.25) is 9.69 Å². The van der Waals surface area contributed by atoms with E-state index in [1.54, 1.807) is 19.2 Å². The van der Waals surface area contributed by atoms with Crippen molar-refractivity contribution in [3.05, 3.63) is 90.0 Å². The van der Waals surface area contributed by atoms with Crippen molar-refractivity contribution >= 4 is 5.91 Å². The summed E-state index contributed by atoms with van der Waals surface area (Å²) in [7, 11) is 1.59. The van der Waals surface area contributed by atoms with E-state index in [0.29, 0.717) is 37.6 Å². The van der Waals surface area contributed by atoms with Crippen molar-refractivity contribution in [2.45, 2.75) is 25.2 Å². The monoisotopic (exact) mass is 476 g/mol. The van der Waals surface area contributed by atoms with Crippen LogP contribution < -0.4 is 19.5 Å². The lowest BCUT2D eigenvalue weighted by Gasteiger charge is -2.24. The van der Waals surface area contributed by atoms with E-state index in [2.05, 4.69) is 28.4 Å². The standard InChI is InChI=1S/C28H32N2O5/c1-33-24-11-7-12-25(16-24)34-20-23(31)17-29-28(32)14-15-30-18-22-10-5-6-13-26(22)35-27(19-30)21-8-3-2-4-9-21/h2-13,16,23,27,31H,14-15,17-20H2,1H3,(H,29,32). The number of benzene rings is 3. The summed E-state index contributed by atoms with van der Waals surface area (Å²) in [6, 6.07) is 25.4. The van der Waals surface area contributed by atoms with Gasteiger partial charge in [-0.15, -0.1) is 0 Å². The Labute approximate surface area is 206 Å². The number of aliphatic hydroxyl groups excluding tert-OH is 1. The minimum atomic E-state index is -0.814. The van der Waals surface area contributed by atoms with E-state index < -0.39 is 6.10 Å². The molecule has 2 unspecified atom stereocenters. The Bertz CT molecular complexity index is 1090. The molecule has 0 saturated heterocycles. The van der Waals surface area contributed by atoms with E-state index >= 15 is 0 Å². The molecule has 0 saturated carbocycles. The van der Waals surface area contributed by atoms with Gasteiger partial charge in [0.15, 0.2) is 0 Å². The molecular weight excluding hydrogens is 444 g/mol. The fourth-order valence-electron chi connectivity index (χ4n) is 4.01. The highest BCUT2D eigenvalue weighted by molar-refractivity contribution is 5.76. The van der Waals surface area contributed by atoms with Gasteiger partial charge in [0.25, 0.3) is 0 Å². The van der Waals surface area contributed by atoms with E-state index in [0.717, 1.165) is 16.9 Å². The zero-order chi connectivity index (χ0) is 24.5. The maximum absolute atomic E-state index is 12.5. The number of aliphatic hydroxyl groups is 1. The minimum Gasteiger partial charge on any atom is -0.497 e. The van der Waals surface area contributed by atoms with Crippen molar-refractivity contribution in [1.29, 1.82) is 0 Å². The quantitative estimate of drug-likeness (QED) is 0.466. The molecule has 3 aromatic rings. The molecule has 1 aliphatic rings. The van der Waals surface area contributed by atoms with Crippen LogP contribution >= 0.6 is 0 Å². The number of methoxy groups -OCH3 is 1. The predicted octanol–water partition coefficient (Wildman–Crippen LogP) is 3.58. The second-order valence-electron chi connectivity index (χ2n) is 8.56. The lowest BCUT2D eigenvalue weighted by atomic mass is 10.1. The maximum atomic E-state index is 12.5. The van der Waals surface area contributed by atoms with Crippen LogP contribution in [0, 0.1) is 0 Å². The van der Waals surface area contributed by atoms with Gasteiger partial charge in [0.1, 0.15) is 36.1 Å². The third-order valence-electron chi connectivity index (χ3n) is 5.90. The van der Waals surface area contributed by atoms with Gasteiger partial charge in [0.2, 0.25) is 5.91 Å². The summed E-state index contributed by atoms with van der Waals surface area (Å²) in [6.07, 6.45) is -0.600. The molecule has 0 bridgehead atoms. The second kappa shape index (κ2) is 12.2. The Morgan fingerprint density at radius 3 is 2.69 bits per heavy atom. The van der Waals surface area contributed by atoms with Gasteiger partial charge in [0.05, 0.1) is 7.11 Å². The molecule has 0 aromatic heterocycles. The molecule has 7 heteroatoms. The molecule has 4 rings (SSSR count). The van der Waals surface area contributed by atoms with Gasteiger partial charge in [-0.25, -0.2) is 0 Å². The van der Waals surface area contributed by atoms with Gasteiger partial charge < -0.3 is 24.6 Å². The number of nitrogens with zero attached hydrogens (tertiary/aromatic N) is 1. The van der Waals surface area contributed by atoms with E-state index in [1.165, 1.54) is 0 Å². The minimum absolute atomic E-state index is 0.0758. The number of hydrogen-bond acceptors (Lipinski definition) is 6. The van der Waals surface area contributed by atoms with E-state index in [4.69, 9.17) is 14.2 Å². The van der Waals surface area contributed by atoms with Crippen molar-refractivity contribution in [1.82, 2.24) is 10.2 Å². The molecule has 1 heterocycles. The van der Waals surface area contributed by atoms with E-state index in [9.17, 15) is 9.90 Å². The molecular formula is C28H32N2O5. The molecule has 1 amide bonds. The summed E-state index contributed by atoms with van der Waals surface area (Å²) in [5.41, 5.74) is 2.22. The van der Waals surface area contributed by atoms with Gasteiger partial charge in [-0.1, -0.05) is 54.6 Å². The Kier molecular flexibility index (Phi) is 8.59. The molecule has 2 N–H and O–H groups in total. The molecule has 0 fully saturated rings. The average molecular weight is 477 g/mol. The number of hydrogen-bond donors (Lipinski definition) is 2. The third kappa shape index (κ3) is 7.21. The fraction of sp³-hybridized carbons (Fsp3) is 0.321. The topological polar surface area (TPSA) is 80.3 Å². The Hall–Kier alpha value is -3.55. The van der Waals surface area contributed by atoms with Crippen molar-refractivity contribution in [2.75, 3.05) is 33.4 Å². The van der Waals surface area contributed by atoms with Crippen molar-refractivity contribution in [3.8, 4) is 17.2 Å². The Balaban J connectivity index is 1.26. The molecule has 184 valence electrons. The fourth-order valence-corrected chi connectivity index (χ4v) is 4.01. The number of ether oxygens (including phenoxy) is 3. The summed E-state index contributed by atoms with van der Waals surface area (Å²) in [5.74, 6) is 2.06. The van der Waals surface area contributed by atoms with E-state index in [-0.39, 0.29) is 25.2 Å². The van der Waals surface area contributed by atoms with Crippen molar-refractivity contribution < 1.29 is 24.1 Å². The zero-order valence-corrected chi connectivity index (χ0v) is 19.9. The lowest BCUT2D eigenvalue weighted by molar-refractivity contribution is -0.122. The van der Waals surface area contributed by atoms with Crippen LogP contribution in [0.2, 0.25) is 0 Å². The predicted molar refractivity (Wildman–Crippen MR) is 134 cm³/mol. The van der Waals surface area contributed by atoms with Crippen molar-refractivity contribution in [2.24, 2.45) is 0 Å².